The van der Waals surface area contributed by atoms with Crippen LogP contribution in [0.25, 0.3) is 0 Å². The topological polar surface area (TPSA) is 93.2 Å². The fourth-order valence-electron chi connectivity index (χ4n) is 3.51. The molecule has 2 aliphatic rings. The molecule has 2 fully saturated rings. The first kappa shape index (κ1) is 21.7. The van der Waals surface area contributed by atoms with E-state index in [4.69, 9.17) is 9.47 Å². The molecular formula is C19H25FN2O6S. The normalized spacial score (nSPS) is 19.2. The molecule has 0 N–H and O–H groups in total. The van der Waals surface area contributed by atoms with Crippen molar-refractivity contribution in [2.45, 2.75) is 24.7 Å². The number of morpholine rings is 1. The molecule has 160 valence electrons. The Morgan fingerprint density at radius 1 is 1.17 bits per heavy atom. The SMILES string of the molecule is CCOC(=O)C1CCN(C(=O)c2cc(S(=O)(=O)N3CCOCC3)ccc2F)CC1. The van der Waals surface area contributed by atoms with E-state index in [-0.39, 0.29) is 48.5 Å². The minimum Gasteiger partial charge on any atom is -0.466 e. The smallest absolute Gasteiger partial charge is 0.309 e. The van der Waals surface area contributed by atoms with E-state index in [1.54, 1.807) is 6.92 Å². The first-order chi connectivity index (χ1) is 13.8. The number of ether oxygens (including phenoxy) is 2. The zero-order valence-corrected chi connectivity index (χ0v) is 17.1. The fraction of sp³-hybridized carbons (Fsp3) is 0.579. The number of carbonyl (C=O) groups excluding carboxylic acids is 2. The third-order valence-corrected chi connectivity index (χ3v) is 7.07. The number of carbonyl (C=O) groups is 2. The van der Waals surface area contributed by atoms with Crippen molar-refractivity contribution in [2.75, 3.05) is 46.0 Å². The predicted molar refractivity (Wildman–Crippen MR) is 101 cm³/mol. The molecule has 0 bridgehead atoms. The quantitative estimate of drug-likeness (QED) is 0.656. The van der Waals surface area contributed by atoms with E-state index in [9.17, 15) is 22.4 Å². The first-order valence-corrected chi connectivity index (χ1v) is 11.1. The van der Waals surface area contributed by atoms with Crippen LogP contribution in [0.5, 0.6) is 0 Å². The lowest BCUT2D eigenvalue weighted by Gasteiger charge is -2.31. The van der Waals surface area contributed by atoms with Crippen LogP contribution in [0.1, 0.15) is 30.1 Å². The maximum absolute atomic E-state index is 14.4. The Morgan fingerprint density at radius 2 is 1.83 bits per heavy atom. The summed E-state index contributed by atoms with van der Waals surface area (Å²) >= 11 is 0. The van der Waals surface area contributed by atoms with Crippen LogP contribution in [0, 0.1) is 11.7 Å². The minimum absolute atomic E-state index is 0.120. The highest BCUT2D eigenvalue weighted by atomic mass is 32.2. The van der Waals surface area contributed by atoms with Gasteiger partial charge in [-0.05, 0) is 38.0 Å². The summed E-state index contributed by atoms with van der Waals surface area (Å²) < 4.78 is 51.4. The maximum Gasteiger partial charge on any atom is 0.309 e. The number of halogens is 1. The van der Waals surface area contributed by atoms with E-state index in [2.05, 4.69) is 0 Å². The van der Waals surface area contributed by atoms with Crippen LogP contribution in [-0.2, 0) is 24.3 Å². The van der Waals surface area contributed by atoms with Gasteiger partial charge in [0.15, 0.2) is 0 Å². The monoisotopic (exact) mass is 428 g/mol. The van der Waals surface area contributed by atoms with Gasteiger partial charge in [-0.3, -0.25) is 9.59 Å². The van der Waals surface area contributed by atoms with Crippen LogP contribution in [-0.4, -0.2) is 75.5 Å². The van der Waals surface area contributed by atoms with Gasteiger partial charge in [-0.1, -0.05) is 0 Å². The van der Waals surface area contributed by atoms with Crippen LogP contribution < -0.4 is 0 Å². The number of likely N-dealkylation sites (tertiary alicyclic amines) is 1. The largest absolute Gasteiger partial charge is 0.466 e. The van der Waals surface area contributed by atoms with Gasteiger partial charge in [0.2, 0.25) is 10.0 Å². The molecule has 0 atom stereocenters. The number of hydrogen-bond acceptors (Lipinski definition) is 6. The molecule has 2 saturated heterocycles. The molecule has 1 aromatic carbocycles. The summed E-state index contributed by atoms with van der Waals surface area (Å²) in [6.07, 6.45) is 0.857. The van der Waals surface area contributed by atoms with Gasteiger partial charge in [-0.2, -0.15) is 4.31 Å². The summed E-state index contributed by atoms with van der Waals surface area (Å²) in [7, 11) is -3.84. The molecular weight excluding hydrogens is 403 g/mol. The summed E-state index contributed by atoms with van der Waals surface area (Å²) in [4.78, 5) is 26.0. The zero-order chi connectivity index (χ0) is 21.0. The molecule has 0 aliphatic carbocycles. The fourth-order valence-corrected chi connectivity index (χ4v) is 4.95. The lowest BCUT2D eigenvalue weighted by atomic mass is 9.96. The number of benzene rings is 1. The van der Waals surface area contributed by atoms with Crippen molar-refractivity contribution in [1.82, 2.24) is 9.21 Å². The van der Waals surface area contributed by atoms with Crippen molar-refractivity contribution >= 4 is 21.9 Å². The van der Waals surface area contributed by atoms with E-state index in [0.717, 1.165) is 12.1 Å². The first-order valence-electron chi connectivity index (χ1n) is 9.68. The van der Waals surface area contributed by atoms with Gasteiger partial charge < -0.3 is 14.4 Å². The Hall–Kier alpha value is -2.04. The second-order valence-corrected chi connectivity index (χ2v) is 8.91. The summed E-state index contributed by atoms with van der Waals surface area (Å²) in [6, 6.07) is 3.27. The van der Waals surface area contributed by atoms with E-state index in [0.29, 0.717) is 32.7 Å². The highest BCUT2D eigenvalue weighted by Crippen LogP contribution is 2.24. The molecule has 8 nitrogen and oxygen atoms in total. The van der Waals surface area contributed by atoms with E-state index >= 15 is 0 Å². The molecule has 0 spiro atoms. The second kappa shape index (κ2) is 9.19. The Morgan fingerprint density at radius 3 is 2.45 bits per heavy atom. The Bertz CT molecular complexity index is 861. The van der Waals surface area contributed by atoms with E-state index in [1.807, 2.05) is 0 Å². The molecule has 0 unspecified atom stereocenters. The Labute approximate surface area is 169 Å². The average molecular weight is 428 g/mol. The number of hydrogen-bond donors (Lipinski definition) is 0. The molecule has 1 aromatic rings. The lowest BCUT2D eigenvalue weighted by Crippen LogP contribution is -2.41. The van der Waals surface area contributed by atoms with Gasteiger partial charge in [0.25, 0.3) is 5.91 Å². The van der Waals surface area contributed by atoms with Crippen LogP contribution in [0.2, 0.25) is 0 Å². The van der Waals surface area contributed by atoms with E-state index in [1.165, 1.54) is 15.3 Å². The summed E-state index contributed by atoms with van der Waals surface area (Å²) in [6.45, 7) is 3.60. The maximum atomic E-state index is 14.4. The number of piperidine rings is 1. The van der Waals surface area contributed by atoms with Gasteiger partial charge in [-0.15, -0.1) is 0 Å². The zero-order valence-electron chi connectivity index (χ0n) is 16.3. The highest BCUT2D eigenvalue weighted by molar-refractivity contribution is 7.89. The van der Waals surface area contributed by atoms with Crippen molar-refractivity contribution in [3.05, 3.63) is 29.6 Å². The third-order valence-electron chi connectivity index (χ3n) is 5.18. The molecule has 0 saturated carbocycles. The van der Waals surface area contributed by atoms with Crippen molar-refractivity contribution in [2.24, 2.45) is 5.92 Å². The van der Waals surface area contributed by atoms with Gasteiger partial charge in [0, 0.05) is 26.2 Å². The molecule has 0 radical (unpaired) electrons. The van der Waals surface area contributed by atoms with Gasteiger partial charge in [-0.25, -0.2) is 12.8 Å². The second-order valence-electron chi connectivity index (χ2n) is 6.98. The molecule has 1 amide bonds. The average Bonchev–Trinajstić information content (AvgIpc) is 2.74. The Kier molecular flexibility index (Phi) is 6.86. The summed E-state index contributed by atoms with van der Waals surface area (Å²) in [5.74, 6) is -1.92. The molecule has 3 rings (SSSR count). The van der Waals surface area contributed by atoms with E-state index < -0.39 is 21.7 Å². The lowest BCUT2D eigenvalue weighted by molar-refractivity contribution is -0.149. The van der Waals surface area contributed by atoms with Gasteiger partial charge in [0.05, 0.1) is 36.2 Å². The van der Waals surface area contributed by atoms with Crippen molar-refractivity contribution < 1.29 is 31.9 Å². The van der Waals surface area contributed by atoms with Crippen LogP contribution in [0.4, 0.5) is 4.39 Å². The molecule has 10 heteroatoms. The number of sulfonamides is 1. The molecule has 29 heavy (non-hydrogen) atoms. The number of rotatable bonds is 5. The standard InChI is InChI=1S/C19H25FN2O6S/c1-2-28-19(24)14-5-7-21(8-6-14)18(23)16-13-15(3-4-17(16)20)29(25,26)22-9-11-27-12-10-22/h3-4,13-14H,2,5-12H2,1H3. The minimum atomic E-state index is -3.84. The Balaban J connectivity index is 1.75. The highest BCUT2D eigenvalue weighted by Gasteiger charge is 2.31. The predicted octanol–water partition coefficient (Wildman–Crippen LogP) is 1.26. The van der Waals surface area contributed by atoms with Gasteiger partial charge in [0.1, 0.15) is 5.82 Å². The van der Waals surface area contributed by atoms with Crippen molar-refractivity contribution in [3.8, 4) is 0 Å². The number of esters is 1. The van der Waals surface area contributed by atoms with Gasteiger partial charge >= 0.3 is 5.97 Å². The molecule has 2 heterocycles. The summed E-state index contributed by atoms with van der Waals surface area (Å²) in [5, 5.41) is 0. The van der Waals surface area contributed by atoms with Crippen molar-refractivity contribution in [3.63, 3.8) is 0 Å². The van der Waals surface area contributed by atoms with Crippen molar-refractivity contribution in [1.29, 1.82) is 0 Å². The van der Waals surface area contributed by atoms with Crippen LogP contribution in [0.3, 0.4) is 0 Å². The van der Waals surface area contributed by atoms with Crippen LogP contribution >= 0.6 is 0 Å². The molecule has 2 aliphatic heterocycles. The number of nitrogens with zero attached hydrogens (tertiary/aromatic N) is 2. The molecule has 0 aromatic heterocycles. The van der Waals surface area contributed by atoms with Crippen LogP contribution in [0.15, 0.2) is 23.1 Å². The number of amides is 1. The third kappa shape index (κ3) is 4.76. The summed E-state index contributed by atoms with van der Waals surface area (Å²) in [5.41, 5.74) is -0.283.